The lowest BCUT2D eigenvalue weighted by Crippen LogP contribution is -2.41. The van der Waals surface area contributed by atoms with E-state index in [2.05, 4.69) is 60.2 Å². The fourth-order valence-electron chi connectivity index (χ4n) is 4.20. The zero-order chi connectivity index (χ0) is 23.6. The van der Waals surface area contributed by atoms with E-state index in [9.17, 15) is 4.79 Å². The van der Waals surface area contributed by atoms with Crippen molar-refractivity contribution in [3.05, 3.63) is 59.0 Å². The highest BCUT2D eigenvalue weighted by Crippen LogP contribution is 2.26. The Labute approximate surface area is 200 Å². The molecule has 7 nitrogen and oxygen atoms in total. The Morgan fingerprint density at radius 3 is 2.61 bits per heavy atom. The minimum absolute atomic E-state index is 0.0163. The van der Waals surface area contributed by atoms with Crippen molar-refractivity contribution in [1.82, 2.24) is 24.2 Å². The number of rotatable bonds is 5. The first-order chi connectivity index (χ1) is 15.7. The molecule has 0 spiro atoms. The number of hydrogen-bond acceptors (Lipinski definition) is 5. The molecule has 0 bridgehead atoms. The first-order valence-corrected chi connectivity index (χ1v) is 11.8. The van der Waals surface area contributed by atoms with Crippen LogP contribution in [-0.4, -0.2) is 43.2 Å². The monoisotopic (exact) mass is 464 g/mol. The van der Waals surface area contributed by atoms with E-state index < -0.39 is 0 Å². The van der Waals surface area contributed by atoms with Gasteiger partial charge >= 0.3 is 0 Å². The molecule has 1 aromatic carbocycles. The fraction of sp³-hybridized carbons (Fsp3) is 0.440. The van der Waals surface area contributed by atoms with Gasteiger partial charge in [0.15, 0.2) is 10.6 Å². The van der Waals surface area contributed by atoms with Crippen LogP contribution in [0, 0.1) is 10.7 Å². The average Bonchev–Trinajstić information content (AvgIpc) is 3.08. The zero-order valence-corrected chi connectivity index (χ0v) is 20.6. The molecular weight excluding hydrogens is 432 g/mol. The molecule has 1 fully saturated rings. The molecule has 0 aliphatic carbocycles. The highest BCUT2D eigenvalue weighted by atomic mass is 32.1. The van der Waals surface area contributed by atoms with Gasteiger partial charge in [0.2, 0.25) is 5.91 Å². The molecule has 1 aliphatic rings. The average molecular weight is 465 g/mol. The summed E-state index contributed by atoms with van der Waals surface area (Å²) in [6.07, 6.45) is 3.51. The maximum Gasteiger partial charge on any atom is 0.229 e. The first-order valence-electron chi connectivity index (χ1n) is 11.4. The van der Waals surface area contributed by atoms with Crippen LogP contribution in [0.3, 0.4) is 0 Å². The lowest BCUT2D eigenvalue weighted by molar-refractivity contribution is -0.121. The maximum atomic E-state index is 12.7. The van der Waals surface area contributed by atoms with Crippen molar-refractivity contribution in [2.45, 2.75) is 45.7 Å². The quantitative estimate of drug-likeness (QED) is 0.558. The van der Waals surface area contributed by atoms with Crippen LogP contribution >= 0.6 is 12.2 Å². The molecule has 1 aliphatic heterocycles. The lowest BCUT2D eigenvalue weighted by Gasteiger charge is -2.31. The van der Waals surface area contributed by atoms with E-state index in [1.807, 2.05) is 28.4 Å². The van der Waals surface area contributed by atoms with Crippen molar-refractivity contribution in [3.63, 3.8) is 0 Å². The number of aromatic nitrogens is 4. The summed E-state index contributed by atoms with van der Waals surface area (Å²) >= 11 is 5.68. The van der Waals surface area contributed by atoms with E-state index in [0.717, 1.165) is 30.8 Å². The molecule has 1 atom stereocenters. The second-order valence-electron chi connectivity index (χ2n) is 9.75. The molecule has 2 aromatic heterocycles. The van der Waals surface area contributed by atoms with Gasteiger partial charge in [0.05, 0.1) is 12.6 Å². The van der Waals surface area contributed by atoms with Crippen LogP contribution in [0.25, 0.3) is 11.4 Å². The normalized spacial score (nSPS) is 17.2. The third-order valence-electron chi connectivity index (χ3n) is 6.18. The van der Waals surface area contributed by atoms with Gasteiger partial charge in [-0.15, -0.1) is 0 Å². The summed E-state index contributed by atoms with van der Waals surface area (Å²) in [7, 11) is 1.96. The van der Waals surface area contributed by atoms with Crippen LogP contribution in [-0.2, 0) is 23.9 Å². The topological polar surface area (TPSA) is 68.0 Å². The minimum atomic E-state index is -0.0805. The summed E-state index contributed by atoms with van der Waals surface area (Å²) in [5.41, 5.74) is 2.44. The van der Waals surface area contributed by atoms with E-state index in [0.29, 0.717) is 23.8 Å². The molecule has 1 amide bonds. The summed E-state index contributed by atoms with van der Waals surface area (Å²) in [6.45, 7) is 8.79. The van der Waals surface area contributed by atoms with Gasteiger partial charge in [-0.1, -0.05) is 51.1 Å². The fourth-order valence-corrected chi connectivity index (χ4v) is 4.39. The van der Waals surface area contributed by atoms with E-state index >= 15 is 0 Å². The van der Waals surface area contributed by atoms with Gasteiger partial charge in [0.1, 0.15) is 5.82 Å². The number of anilines is 1. The van der Waals surface area contributed by atoms with Crippen molar-refractivity contribution in [2.75, 3.05) is 18.4 Å². The number of benzene rings is 1. The third kappa shape index (κ3) is 5.39. The van der Waals surface area contributed by atoms with Crippen molar-refractivity contribution in [3.8, 4) is 11.4 Å². The van der Waals surface area contributed by atoms with Crippen LogP contribution in [0.15, 0.2) is 48.7 Å². The first kappa shape index (κ1) is 23.3. The van der Waals surface area contributed by atoms with E-state index in [-0.39, 0.29) is 17.2 Å². The van der Waals surface area contributed by atoms with Gasteiger partial charge in [0.25, 0.3) is 0 Å². The smallest absolute Gasteiger partial charge is 0.229 e. The summed E-state index contributed by atoms with van der Waals surface area (Å²) in [5.74, 6) is 1.38. The molecule has 1 saturated heterocycles. The van der Waals surface area contributed by atoms with Gasteiger partial charge in [-0.05, 0) is 54.7 Å². The molecule has 8 heteroatoms. The van der Waals surface area contributed by atoms with Crippen molar-refractivity contribution < 1.29 is 4.79 Å². The van der Waals surface area contributed by atoms with Gasteiger partial charge in [-0.3, -0.25) is 9.69 Å². The van der Waals surface area contributed by atoms with Crippen LogP contribution in [0.4, 0.5) is 5.82 Å². The van der Waals surface area contributed by atoms with Crippen molar-refractivity contribution in [1.29, 1.82) is 0 Å². The van der Waals surface area contributed by atoms with Crippen LogP contribution in [0.2, 0.25) is 0 Å². The van der Waals surface area contributed by atoms with Gasteiger partial charge in [-0.25, -0.2) is 9.67 Å². The molecular formula is C25H32N6OS. The van der Waals surface area contributed by atoms with Crippen LogP contribution < -0.4 is 5.32 Å². The Bertz CT molecular complexity index is 1160. The maximum absolute atomic E-state index is 12.7. The molecule has 174 valence electrons. The number of hydrogen-bond donors (Lipinski definition) is 1. The Hall–Kier alpha value is -2.84. The summed E-state index contributed by atoms with van der Waals surface area (Å²) in [6, 6.07) is 14.1. The number of nitrogens with one attached hydrogen (secondary N) is 1. The summed E-state index contributed by atoms with van der Waals surface area (Å²) in [5, 5.41) is 7.76. The predicted octanol–water partition coefficient (Wildman–Crippen LogP) is 4.62. The third-order valence-corrected chi connectivity index (χ3v) is 6.66. The number of pyridine rings is 1. The molecule has 0 radical (unpaired) electrons. The predicted molar refractivity (Wildman–Crippen MR) is 133 cm³/mol. The lowest BCUT2D eigenvalue weighted by atomic mass is 9.87. The minimum Gasteiger partial charge on any atom is -0.310 e. The van der Waals surface area contributed by atoms with Gasteiger partial charge in [-0.2, -0.15) is 5.10 Å². The Balaban J connectivity index is 1.46. The highest BCUT2D eigenvalue weighted by Gasteiger charge is 2.27. The summed E-state index contributed by atoms with van der Waals surface area (Å²) in [4.78, 5) is 19.2. The van der Waals surface area contributed by atoms with Crippen LogP contribution in [0.5, 0.6) is 0 Å². The molecule has 33 heavy (non-hydrogen) atoms. The van der Waals surface area contributed by atoms with Crippen molar-refractivity contribution >= 4 is 23.9 Å². The van der Waals surface area contributed by atoms with E-state index in [1.165, 1.54) is 5.56 Å². The van der Waals surface area contributed by atoms with Crippen molar-refractivity contribution in [2.24, 2.45) is 13.0 Å². The number of amides is 1. The SMILES string of the molecule is Cn1c(-c2ccc(C(C)(C)C)cc2)nn(CN2CCC[C@H](C(=O)Nc3ccccn3)C2)c1=S. The number of nitrogens with zero attached hydrogens (tertiary/aromatic N) is 5. The number of piperidine rings is 1. The highest BCUT2D eigenvalue weighted by molar-refractivity contribution is 7.71. The van der Waals surface area contributed by atoms with Crippen LogP contribution in [0.1, 0.15) is 39.2 Å². The Morgan fingerprint density at radius 2 is 1.94 bits per heavy atom. The van der Waals surface area contributed by atoms with E-state index in [1.54, 1.807) is 12.3 Å². The standard InChI is InChI=1S/C25H32N6OS/c1-25(2,3)20-12-10-18(11-13-20)22-28-31(24(33)29(22)4)17-30-15-7-8-19(16-30)23(32)27-21-9-5-6-14-26-21/h5-6,9-14,19H,7-8,15-17H2,1-4H3,(H,26,27,32)/t19-/m0/s1. The second kappa shape index (κ2) is 9.57. The van der Waals surface area contributed by atoms with E-state index in [4.69, 9.17) is 17.3 Å². The van der Waals surface area contributed by atoms with Gasteiger partial charge < -0.3 is 9.88 Å². The molecule has 3 heterocycles. The molecule has 3 aromatic rings. The second-order valence-corrected chi connectivity index (χ2v) is 10.1. The molecule has 4 rings (SSSR count). The zero-order valence-electron chi connectivity index (χ0n) is 19.8. The largest absolute Gasteiger partial charge is 0.310 e. The Morgan fingerprint density at radius 1 is 1.18 bits per heavy atom. The Kier molecular flexibility index (Phi) is 6.76. The number of carbonyl (C=O) groups excluding carboxylic acids is 1. The number of likely N-dealkylation sites (tertiary alicyclic amines) is 1. The number of carbonyl (C=O) groups is 1. The summed E-state index contributed by atoms with van der Waals surface area (Å²) < 4.78 is 4.49. The molecule has 0 unspecified atom stereocenters. The molecule has 0 saturated carbocycles. The molecule has 1 N–H and O–H groups in total. The van der Waals surface area contributed by atoms with Gasteiger partial charge in [0, 0.05) is 25.4 Å².